The zero-order valence-corrected chi connectivity index (χ0v) is 18.6. The molecule has 186 valence electrons. The van der Waals surface area contributed by atoms with Crippen LogP contribution in [0.25, 0.3) is 21.9 Å². The number of aromatic amines is 1. The first-order chi connectivity index (χ1) is 17.0. The first kappa shape index (κ1) is 23.1. The Morgan fingerprint density at radius 2 is 1.89 bits per heavy atom. The van der Waals surface area contributed by atoms with E-state index in [-0.39, 0.29) is 34.9 Å². The number of benzene rings is 2. The highest BCUT2D eigenvalue weighted by Gasteiger charge is 2.48. The molecule has 0 unspecified atom stereocenters. The van der Waals surface area contributed by atoms with Gasteiger partial charge in [-0.25, -0.2) is 4.79 Å². The third-order valence-corrected chi connectivity index (χ3v) is 6.16. The van der Waals surface area contributed by atoms with Gasteiger partial charge in [0.15, 0.2) is 17.2 Å². The average molecular weight is 500 g/mol. The molecule has 2 aromatic heterocycles. The summed E-state index contributed by atoms with van der Waals surface area (Å²) in [5.74, 6) is -0.663. The Labute approximate surface area is 200 Å². The van der Waals surface area contributed by atoms with Gasteiger partial charge in [-0.15, -0.1) is 0 Å². The highest BCUT2D eigenvalue weighted by molar-refractivity contribution is 6.07. The van der Waals surface area contributed by atoms with Crippen LogP contribution in [0.4, 0.5) is 23.8 Å². The first-order valence-electron chi connectivity index (χ1n) is 10.5. The number of hydrogen-bond donors (Lipinski definition) is 5. The maximum absolute atomic E-state index is 13.4. The summed E-state index contributed by atoms with van der Waals surface area (Å²) in [7, 11) is 1.49. The van der Waals surface area contributed by atoms with Gasteiger partial charge >= 0.3 is 12.2 Å². The third kappa shape index (κ3) is 3.56. The fourth-order valence-electron chi connectivity index (χ4n) is 4.40. The van der Waals surface area contributed by atoms with Crippen LogP contribution < -0.4 is 21.1 Å². The molecule has 0 spiro atoms. The van der Waals surface area contributed by atoms with Gasteiger partial charge in [-0.3, -0.25) is 15.2 Å². The SMILES string of the molecule is COc1ccc2cn(C[C@@]3(c4ccc(-c5c(N)n[nH]c5C(F)(F)F)cc4)NC(=O)NC3=O)c(O)c2c1. The lowest BCUT2D eigenvalue weighted by atomic mass is 9.88. The van der Waals surface area contributed by atoms with Crippen molar-refractivity contribution in [2.75, 3.05) is 12.8 Å². The molecule has 13 heteroatoms. The predicted octanol–water partition coefficient (Wildman–Crippen LogP) is 3.08. The number of carbonyl (C=O) groups is 2. The summed E-state index contributed by atoms with van der Waals surface area (Å²) in [6.07, 6.45) is -3.10. The second-order valence-corrected chi connectivity index (χ2v) is 8.28. The Morgan fingerprint density at radius 1 is 1.17 bits per heavy atom. The van der Waals surface area contributed by atoms with Crippen LogP contribution in [0.3, 0.4) is 0 Å². The fourth-order valence-corrected chi connectivity index (χ4v) is 4.40. The van der Waals surface area contributed by atoms with Gasteiger partial charge in [-0.1, -0.05) is 24.3 Å². The molecule has 3 heterocycles. The summed E-state index contributed by atoms with van der Waals surface area (Å²) in [5, 5.41) is 22.1. The summed E-state index contributed by atoms with van der Waals surface area (Å²) >= 11 is 0. The topological polar surface area (TPSA) is 147 Å². The second-order valence-electron chi connectivity index (χ2n) is 8.28. The van der Waals surface area contributed by atoms with Gasteiger partial charge in [0.05, 0.1) is 19.2 Å². The van der Waals surface area contributed by atoms with E-state index in [0.717, 1.165) is 0 Å². The highest BCUT2D eigenvalue weighted by Crippen LogP contribution is 2.40. The van der Waals surface area contributed by atoms with E-state index in [1.807, 2.05) is 5.10 Å². The average Bonchev–Trinajstić information content (AvgIpc) is 3.47. The normalized spacial score (nSPS) is 17.9. The zero-order chi connectivity index (χ0) is 25.8. The minimum atomic E-state index is -4.71. The number of carbonyl (C=O) groups excluding carboxylic acids is 2. The molecule has 36 heavy (non-hydrogen) atoms. The Morgan fingerprint density at radius 3 is 2.50 bits per heavy atom. The van der Waals surface area contributed by atoms with Crippen LogP contribution in [-0.4, -0.2) is 38.9 Å². The van der Waals surface area contributed by atoms with E-state index in [2.05, 4.69) is 15.7 Å². The number of nitrogens with two attached hydrogens (primary N) is 1. The fraction of sp³-hybridized carbons (Fsp3) is 0.174. The quantitative estimate of drug-likeness (QED) is 0.266. The molecule has 1 aliphatic heterocycles. The molecule has 10 nitrogen and oxygen atoms in total. The molecular formula is C23H19F3N6O4. The number of urea groups is 1. The number of fused-ring (bicyclic) bond motifs is 1. The molecule has 3 amide bonds. The van der Waals surface area contributed by atoms with Crippen LogP contribution >= 0.6 is 0 Å². The van der Waals surface area contributed by atoms with Crippen molar-refractivity contribution in [1.82, 2.24) is 25.4 Å². The van der Waals surface area contributed by atoms with Gasteiger partial charge < -0.3 is 25.5 Å². The summed E-state index contributed by atoms with van der Waals surface area (Å²) in [6.45, 7) is -0.200. The van der Waals surface area contributed by atoms with Gasteiger partial charge in [0, 0.05) is 17.0 Å². The largest absolute Gasteiger partial charge is 0.497 e. The monoisotopic (exact) mass is 500 g/mol. The summed E-state index contributed by atoms with van der Waals surface area (Å²) in [5.41, 5.74) is 2.97. The maximum Gasteiger partial charge on any atom is 0.433 e. The minimum Gasteiger partial charge on any atom is -0.497 e. The number of alkyl halides is 3. The van der Waals surface area contributed by atoms with Crippen LogP contribution in [0.15, 0.2) is 48.7 Å². The number of H-pyrrole nitrogens is 1. The lowest BCUT2D eigenvalue weighted by molar-refractivity contribution is -0.140. The number of methoxy groups -OCH3 is 1. The van der Waals surface area contributed by atoms with Crippen molar-refractivity contribution < 1.29 is 32.6 Å². The van der Waals surface area contributed by atoms with Gasteiger partial charge in [0.25, 0.3) is 5.91 Å². The zero-order valence-electron chi connectivity index (χ0n) is 18.6. The number of aromatic hydroxyl groups is 1. The number of imide groups is 1. The van der Waals surface area contributed by atoms with Crippen molar-refractivity contribution in [2.24, 2.45) is 0 Å². The number of nitrogens with zero attached hydrogens (tertiary/aromatic N) is 2. The standard InChI is InChI=1S/C23H19F3N6O4/c1-36-14-7-4-12-9-32(19(33)15(12)8-14)10-22(20(34)28-21(35)29-22)13-5-2-11(3-6-13)16-17(23(24,25)26)30-31-18(16)27/h2-9,33H,10H2,1H3,(H3,27,30,31)(H2,28,29,34,35)/t22-/m0/s1. The number of rotatable bonds is 5. The Kier molecular flexibility index (Phi) is 5.09. The first-order valence-corrected chi connectivity index (χ1v) is 10.5. The van der Waals surface area contributed by atoms with Crippen molar-refractivity contribution in [3.8, 4) is 22.8 Å². The number of nitrogens with one attached hydrogen (secondary N) is 3. The Balaban J connectivity index is 1.57. The van der Waals surface area contributed by atoms with E-state index in [4.69, 9.17) is 10.5 Å². The smallest absolute Gasteiger partial charge is 0.433 e. The summed E-state index contributed by atoms with van der Waals surface area (Å²) < 4.78 is 46.7. The van der Waals surface area contributed by atoms with Gasteiger partial charge in [-0.2, -0.15) is 18.3 Å². The molecule has 0 radical (unpaired) electrons. The number of aromatic nitrogens is 3. The molecule has 4 aromatic rings. The van der Waals surface area contributed by atoms with E-state index >= 15 is 0 Å². The number of amides is 3. The molecule has 1 fully saturated rings. The molecule has 0 bridgehead atoms. The summed E-state index contributed by atoms with van der Waals surface area (Å²) in [6, 6.07) is 9.84. The van der Waals surface area contributed by atoms with Crippen molar-refractivity contribution in [2.45, 2.75) is 18.3 Å². The van der Waals surface area contributed by atoms with Crippen molar-refractivity contribution >= 4 is 28.5 Å². The lowest BCUT2D eigenvalue weighted by Gasteiger charge is -2.27. The highest BCUT2D eigenvalue weighted by atomic mass is 19.4. The Hall–Kier alpha value is -4.68. The summed E-state index contributed by atoms with van der Waals surface area (Å²) in [4.78, 5) is 25.1. The van der Waals surface area contributed by atoms with Crippen molar-refractivity contribution in [1.29, 1.82) is 0 Å². The van der Waals surface area contributed by atoms with E-state index in [0.29, 0.717) is 16.5 Å². The van der Waals surface area contributed by atoms with Gasteiger partial charge in [-0.05, 0) is 29.3 Å². The van der Waals surface area contributed by atoms with Crippen LogP contribution in [0.2, 0.25) is 0 Å². The van der Waals surface area contributed by atoms with Crippen LogP contribution in [0.1, 0.15) is 11.3 Å². The number of halogens is 3. The number of anilines is 1. The van der Waals surface area contributed by atoms with Gasteiger partial charge in [0.1, 0.15) is 11.4 Å². The molecule has 6 N–H and O–H groups in total. The van der Waals surface area contributed by atoms with E-state index in [1.54, 1.807) is 24.4 Å². The van der Waals surface area contributed by atoms with Crippen LogP contribution in [0.5, 0.6) is 11.6 Å². The van der Waals surface area contributed by atoms with Crippen molar-refractivity contribution in [3.05, 3.63) is 59.9 Å². The lowest BCUT2D eigenvalue weighted by Crippen LogP contribution is -2.47. The molecule has 1 saturated heterocycles. The predicted molar refractivity (Wildman–Crippen MR) is 122 cm³/mol. The van der Waals surface area contributed by atoms with E-state index in [1.165, 1.54) is 35.9 Å². The van der Waals surface area contributed by atoms with E-state index in [9.17, 15) is 27.9 Å². The Bertz CT molecular complexity index is 1510. The molecule has 2 aromatic carbocycles. The number of ether oxygens (including phenoxy) is 1. The molecule has 1 atom stereocenters. The molecule has 0 saturated carbocycles. The van der Waals surface area contributed by atoms with E-state index < -0.39 is 29.3 Å². The molecular weight excluding hydrogens is 481 g/mol. The second kappa shape index (κ2) is 7.93. The molecule has 5 rings (SSSR count). The number of nitrogen functional groups attached to an aromatic ring is 1. The van der Waals surface area contributed by atoms with Gasteiger partial charge in [0.2, 0.25) is 0 Å². The maximum atomic E-state index is 13.4. The van der Waals surface area contributed by atoms with Crippen LogP contribution in [-0.2, 0) is 23.1 Å². The third-order valence-electron chi connectivity index (χ3n) is 6.16. The number of hydrogen-bond acceptors (Lipinski definition) is 6. The molecule has 1 aliphatic rings. The van der Waals surface area contributed by atoms with Crippen LogP contribution in [0, 0.1) is 0 Å². The van der Waals surface area contributed by atoms with Crippen molar-refractivity contribution in [3.63, 3.8) is 0 Å². The molecule has 0 aliphatic carbocycles. The minimum absolute atomic E-state index is 0.110.